The summed E-state index contributed by atoms with van der Waals surface area (Å²) in [5.74, 6) is 6.27. The Morgan fingerprint density at radius 2 is 1.80 bits per heavy atom. The van der Waals surface area contributed by atoms with Crippen molar-refractivity contribution in [3.63, 3.8) is 0 Å². The summed E-state index contributed by atoms with van der Waals surface area (Å²) in [4.78, 5) is 17.1. The minimum Gasteiger partial charge on any atom is -0.344 e. The maximum Gasteiger partial charge on any atom is 0.156 e. The average molecular weight is 391 g/mol. The highest BCUT2D eigenvalue weighted by Gasteiger charge is 2.17. The van der Waals surface area contributed by atoms with Gasteiger partial charge in [0.15, 0.2) is 5.65 Å². The lowest BCUT2D eigenvalue weighted by Crippen LogP contribution is -2.20. The third-order valence-electron chi connectivity index (χ3n) is 5.07. The molecule has 0 aliphatic rings. The van der Waals surface area contributed by atoms with Crippen LogP contribution in [0.4, 0.5) is 0 Å². The van der Waals surface area contributed by atoms with Crippen LogP contribution in [0.1, 0.15) is 32.0 Å². The molecule has 0 unspecified atom stereocenters. The van der Waals surface area contributed by atoms with Gasteiger partial charge in [-0.3, -0.25) is 0 Å². The number of nitrogens with one attached hydrogen (secondary N) is 1. The van der Waals surface area contributed by atoms with Crippen molar-refractivity contribution >= 4 is 22.2 Å². The van der Waals surface area contributed by atoms with Gasteiger partial charge in [-0.2, -0.15) is 0 Å². The Bertz CT molecular complexity index is 1420. The Hall–Kier alpha value is -3.91. The highest BCUT2D eigenvalue weighted by molar-refractivity contribution is 5.93. The Morgan fingerprint density at radius 3 is 2.60 bits per heavy atom. The summed E-state index contributed by atoms with van der Waals surface area (Å²) in [6.45, 7) is 6.53. The highest BCUT2D eigenvalue weighted by Crippen LogP contribution is 2.30. The van der Waals surface area contributed by atoms with Crippen LogP contribution in [0, 0.1) is 11.8 Å². The molecule has 0 saturated heterocycles. The molecule has 5 rings (SSSR count). The fourth-order valence-corrected chi connectivity index (χ4v) is 3.54. The highest BCUT2D eigenvalue weighted by atomic mass is 15.1. The molecule has 3 heterocycles. The smallest absolute Gasteiger partial charge is 0.156 e. The van der Waals surface area contributed by atoms with Gasteiger partial charge in [0.2, 0.25) is 0 Å². The maximum absolute atomic E-state index is 4.78. The third-order valence-corrected chi connectivity index (χ3v) is 5.07. The van der Waals surface area contributed by atoms with Gasteiger partial charge >= 0.3 is 0 Å². The summed E-state index contributed by atoms with van der Waals surface area (Å²) in [6, 6.07) is 16.2. The minimum atomic E-state index is -0.0480. The van der Waals surface area contributed by atoms with Gasteiger partial charge in [-0.1, -0.05) is 30.2 Å². The molecule has 5 aromatic rings. The molecule has 30 heavy (non-hydrogen) atoms. The van der Waals surface area contributed by atoms with Crippen molar-refractivity contribution in [2.75, 3.05) is 0 Å². The lowest BCUT2D eigenvalue weighted by atomic mass is 10.1. The number of imidazole rings is 1. The van der Waals surface area contributed by atoms with Crippen LogP contribution in [0.25, 0.3) is 33.3 Å². The van der Waals surface area contributed by atoms with Gasteiger partial charge < -0.3 is 9.55 Å². The number of H-pyrrole nitrogens is 1. The summed E-state index contributed by atoms with van der Waals surface area (Å²) < 4.78 is 2.20. The molecular weight excluding hydrogens is 370 g/mol. The quantitative estimate of drug-likeness (QED) is 0.403. The molecule has 1 N–H and O–H groups in total. The SMILES string of the molecule is CC(C)(C)n1cnc2ccc(-c3c[nH]c4ncc(C#Cc5ccccc5)nc34)cc21. The third kappa shape index (κ3) is 3.23. The number of aromatic amines is 1. The van der Waals surface area contributed by atoms with Crippen LogP contribution in [-0.2, 0) is 5.54 Å². The zero-order chi connectivity index (χ0) is 20.7. The fourth-order valence-electron chi connectivity index (χ4n) is 3.54. The number of hydrogen-bond donors (Lipinski definition) is 1. The Labute approximate surface area is 174 Å². The van der Waals surface area contributed by atoms with Gasteiger partial charge in [0.05, 0.1) is 23.6 Å². The molecule has 5 heteroatoms. The van der Waals surface area contributed by atoms with E-state index in [1.54, 1.807) is 6.20 Å². The van der Waals surface area contributed by atoms with Crippen LogP contribution in [0.2, 0.25) is 0 Å². The lowest BCUT2D eigenvalue weighted by molar-refractivity contribution is 0.408. The molecule has 0 bridgehead atoms. The van der Waals surface area contributed by atoms with E-state index in [2.05, 4.69) is 70.3 Å². The van der Waals surface area contributed by atoms with Gasteiger partial charge in [0, 0.05) is 22.9 Å². The number of benzene rings is 2. The van der Waals surface area contributed by atoms with Crippen molar-refractivity contribution in [1.29, 1.82) is 0 Å². The van der Waals surface area contributed by atoms with Crippen molar-refractivity contribution in [2.24, 2.45) is 0 Å². The zero-order valence-electron chi connectivity index (χ0n) is 17.1. The molecule has 146 valence electrons. The van der Waals surface area contributed by atoms with E-state index in [-0.39, 0.29) is 5.54 Å². The van der Waals surface area contributed by atoms with Crippen molar-refractivity contribution in [2.45, 2.75) is 26.3 Å². The normalized spacial score (nSPS) is 11.6. The van der Waals surface area contributed by atoms with E-state index in [0.29, 0.717) is 5.69 Å². The summed E-state index contributed by atoms with van der Waals surface area (Å²) in [5.41, 5.74) is 7.27. The average Bonchev–Trinajstić information content (AvgIpc) is 3.36. The molecule has 0 atom stereocenters. The van der Waals surface area contributed by atoms with E-state index in [0.717, 1.165) is 38.9 Å². The Balaban J connectivity index is 1.60. The fraction of sp³-hybridized carbons (Fsp3) is 0.160. The minimum absolute atomic E-state index is 0.0480. The molecule has 0 saturated carbocycles. The van der Waals surface area contributed by atoms with Crippen LogP contribution in [0.3, 0.4) is 0 Å². The Morgan fingerprint density at radius 1 is 0.967 bits per heavy atom. The van der Waals surface area contributed by atoms with Crippen molar-refractivity contribution in [3.05, 3.63) is 78.5 Å². The second-order valence-corrected chi connectivity index (χ2v) is 8.26. The molecule has 5 nitrogen and oxygen atoms in total. The molecule has 0 radical (unpaired) electrons. The van der Waals surface area contributed by atoms with Crippen molar-refractivity contribution in [3.8, 4) is 23.0 Å². The first kappa shape index (κ1) is 18.1. The van der Waals surface area contributed by atoms with E-state index < -0.39 is 0 Å². The van der Waals surface area contributed by atoms with Crippen LogP contribution in [-0.4, -0.2) is 24.5 Å². The number of aromatic nitrogens is 5. The lowest BCUT2D eigenvalue weighted by Gasteiger charge is -2.21. The number of fused-ring (bicyclic) bond motifs is 2. The van der Waals surface area contributed by atoms with E-state index >= 15 is 0 Å². The van der Waals surface area contributed by atoms with Gasteiger partial charge in [-0.05, 0) is 56.5 Å². The summed E-state index contributed by atoms with van der Waals surface area (Å²) >= 11 is 0. The predicted octanol–water partition coefficient (Wildman–Crippen LogP) is 5.13. The van der Waals surface area contributed by atoms with E-state index in [9.17, 15) is 0 Å². The first-order valence-corrected chi connectivity index (χ1v) is 9.88. The molecule has 0 spiro atoms. The van der Waals surface area contributed by atoms with Gasteiger partial charge in [-0.15, -0.1) is 0 Å². The predicted molar refractivity (Wildman–Crippen MR) is 120 cm³/mol. The number of rotatable bonds is 1. The molecule has 0 aliphatic carbocycles. The number of nitrogens with zero attached hydrogens (tertiary/aromatic N) is 4. The summed E-state index contributed by atoms with van der Waals surface area (Å²) in [5, 5.41) is 0. The summed E-state index contributed by atoms with van der Waals surface area (Å²) in [6.07, 6.45) is 5.56. The van der Waals surface area contributed by atoms with Crippen molar-refractivity contribution in [1.82, 2.24) is 24.5 Å². The molecule has 2 aromatic carbocycles. The van der Waals surface area contributed by atoms with Gasteiger partial charge in [0.1, 0.15) is 11.2 Å². The second-order valence-electron chi connectivity index (χ2n) is 8.26. The first-order chi connectivity index (χ1) is 14.5. The molecule has 0 amide bonds. The van der Waals surface area contributed by atoms with Gasteiger partial charge in [0.25, 0.3) is 0 Å². The van der Waals surface area contributed by atoms with E-state index in [1.807, 2.05) is 42.9 Å². The second kappa shape index (κ2) is 6.85. The first-order valence-electron chi connectivity index (χ1n) is 9.88. The molecular formula is C25H21N5. The molecule has 0 fully saturated rings. The van der Waals surface area contributed by atoms with Crippen LogP contribution < -0.4 is 0 Å². The van der Waals surface area contributed by atoms with E-state index in [1.165, 1.54) is 0 Å². The van der Waals surface area contributed by atoms with Gasteiger partial charge in [-0.25, -0.2) is 15.0 Å². The standard InChI is InChI=1S/C25H21N5/c1-25(2,3)30-16-28-21-12-10-18(13-22(21)30)20-15-27-24-23(20)29-19(14-26-24)11-9-17-7-5-4-6-8-17/h4-8,10,12-16H,1-3H3,(H,26,27). The van der Waals surface area contributed by atoms with Crippen LogP contribution in [0.5, 0.6) is 0 Å². The van der Waals surface area contributed by atoms with Crippen molar-refractivity contribution < 1.29 is 0 Å². The van der Waals surface area contributed by atoms with Crippen LogP contribution in [0.15, 0.2) is 67.3 Å². The Kier molecular flexibility index (Phi) is 4.14. The van der Waals surface area contributed by atoms with E-state index in [4.69, 9.17) is 4.98 Å². The topological polar surface area (TPSA) is 59.4 Å². The summed E-state index contributed by atoms with van der Waals surface area (Å²) in [7, 11) is 0. The monoisotopic (exact) mass is 391 g/mol. The number of hydrogen-bond acceptors (Lipinski definition) is 3. The van der Waals surface area contributed by atoms with Crippen LogP contribution >= 0.6 is 0 Å². The molecule has 3 aromatic heterocycles. The maximum atomic E-state index is 4.78. The largest absolute Gasteiger partial charge is 0.344 e. The zero-order valence-corrected chi connectivity index (χ0v) is 17.1. The molecule has 0 aliphatic heterocycles.